The third kappa shape index (κ3) is 3.40. The molecule has 3 aromatic rings. The SMILES string of the molecule is Cc1ccc(NC(=O)C2(c3ccc4c(c3)OCO4)CC2)cc1-c1ccc(C2(C)CCC2)cc1. The van der Waals surface area contributed by atoms with Gasteiger partial charge in [0.15, 0.2) is 11.5 Å². The fraction of sp³-hybridized carbons (Fsp3) is 0.345. The summed E-state index contributed by atoms with van der Waals surface area (Å²) in [5, 5.41) is 3.19. The van der Waals surface area contributed by atoms with Gasteiger partial charge in [-0.15, -0.1) is 0 Å². The number of aryl methyl sites for hydroxylation is 1. The Morgan fingerprint density at radius 2 is 1.58 bits per heavy atom. The van der Waals surface area contributed by atoms with Crippen molar-refractivity contribution in [1.82, 2.24) is 0 Å². The molecule has 4 nitrogen and oxygen atoms in total. The average Bonchev–Trinajstić information content (AvgIpc) is 3.50. The van der Waals surface area contributed by atoms with Crippen LogP contribution in [0.15, 0.2) is 60.7 Å². The molecule has 0 unspecified atom stereocenters. The van der Waals surface area contributed by atoms with E-state index >= 15 is 0 Å². The van der Waals surface area contributed by atoms with Crippen molar-refractivity contribution in [3.8, 4) is 22.6 Å². The normalized spacial score (nSPS) is 19.0. The molecule has 6 rings (SSSR count). The first kappa shape index (κ1) is 20.3. The lowest BCUT2D eigenvalue weighted by molar-refractivity contribution is -0.118. The molecule has 33 heavy (non-hydrogen) atoms. The van der Waals surface area contributed by atoms with E-state index in [1.165, 1.54) is 36.0 Å². The van der Waals surface area contributed by atoms with Gasteiger partial charge in [-0.05, 0) is 90.1 Å². The molecule has 3 aromatic carbocycles. The van der Waals surface area contributed by atoms with Crippen LogP contribution in [-0.4, -0.2) is 12.7 Å². The third-order valence-corrected chi connectivity index (χ3v) is 7.96. The lowest BCUT2D eigenvalue weighted by Gasteiger charge is -2.39. The number of benzene rings is 3. The number of nitrogens with one attached hydrogen (secondary N) is 1. The first-order chi connectivity index (χ1) is 16.0. The van der Waals surface area contributed by atoms with E-state index in [0.29, 0.717) is 5.41 Å². The highest BCUT2D eigenvalue weighted by molar-refractivity contribution is 6.02. The molecular formula is C29H29NO3. The summed E-state index contributed by atoms with van der Waals surface area (Å²) >= 11 is 0. The lowest BCUT2D eigenvalue weighted by Crippen LogP contribution is -2.30. The molecule has 0 aromatic heterocycles. The van der Waals surface area contributed by atoms with Crippen LogP contribution in [0.2, 0.25) is 0 Å². The van der Waals surface area contributed by atoms with Crippen LogP contribution in [0.1, 0.15) is 55.7 Å². The minimum atomic E-state index is -0.480. The van der Waals surface area contributed by atoms with Crippen molar-refractivity contribution in [2.45, 2.75) is 56.8 Å². The lowest BCUT2D eigenvalue weighted by atomic mass is 9.66. The van der Waals surface area contributed by atoms with Crippen molar-refractivity contribution in [2.75, 3.05) is 12.1 Å². The zero-order chi connectivity index (χ0) is 22.6. The second kappa shape index (κ2) is 7.38. The molecular weight excluding hydrogens is 410 g/mol. The molecule has 3 aliphatic rings. The summed E-state index contributed by atoms with van der Waals surface area (Å²) < 4.78 is 10.9. The van der Waals surface area contributed by atoms with E-state index < -0.39 is 5.41 Å². The maximum Gasteiger partial charge on any atom is 0.235 e. The van der Waals surface area contributed by atoms with Crippen molar-refractivity contribution in [1.29, 1.82) is 0 Å². The van der Waals surface area contributed by atoms with Gasteiger partial charge >= 0.3 is 0 Å². The minimum Gasteiger partial charge on any atom is -0.454 e. The van der Waals surface area contributed by atoms with Crippen LogP contribution in [0.25, 0.3) is 11.1 Å². The van der Waals surface area contributed by atoms with Gasteiger partial charge in [-0.2, -0.15) is 0 Å². The highest BCUT2D eigenvalue weighted by Crippen LogP contribution is 2.51. The van der Waals surface area contributed by atoms with Crippen LogP contribution in [0.3, 0.4) is 0 Å². The molecule has 0 spiro atoms. The van der Waals surface area contributed by atoms with E-state index in [1.807, 2.05) is 24.3 Å². The summed E-state index contributed by atoms with van der Waals surface area (Å²) in [6.07, 6.45) is 5.57. The van der Waals surface area contributed by atoms with Crippen molar-refractivity contribution < 1.29 is 14.3 Å². The smallest absolute Gasteiger partial charge is 0.235 e. The molecule has 0 saturated heterocycles. The predicted octanol–water partition coefficient (Wildman–Crippen LogP) is 6.50. The van der Waals surface area contributed by atoms with Gasteiger partial charge < -0.3 is 14.8 Å². The van der Waals surface area contributed by atoms with Crippen molar-refractivity contribution in [3.63, 3.8) is 0 Å². The number of carbonyl (C=O) groups excluding carboxylic acids is 1. The number of carbonyl (C=O) groups is 1. The Balaban J connectivity index is 1.24. The van der Waals surface area contributed by atoms with Gasteiger partial charge in [-0.3, -0.25) is 4.79 Å². The van der Waals surface area contributed by atoms with Gasteiger partial charge in [-0.25, -0.2) is 0 Å². The summed E-state index contributed by atoms with van der Waals surface area (Å²) in [6.45, 7) is 4.72. The second-order valence-electron chi connectivity index (χ2n) is 10.1. The summed E-state index contributed by atoms with van der Waals surface area (Å²) in [4.78, 5) is 13.3. The van der Waals surface area contributed by atoms with Crippen LogP contribution in [0, 0.1) is 6.92 Å². The minimum absolute atomic E-state index is 0.0458. The van der Waals surface area contributed by atoms with E-state index in [-0.39, 0.29) is 12.7 Å². The quantitative estimate of drug-likeness (QED) is 0.493. The van der Waals surface area contributed by atoms with Crippen LogP contribution in [0.4, 0.5) is 5.69 Å². The maximum atomic E-state index is 13.3. The molecule has 2 aliphatic carbocycles. The molecule has 1 amide bonds. The van der Waals surface area contributed by atoms with Crippen LogP contribution in [0.5, 0.6) is 11.5 Å². The molecule has 168 valence electrons. The number of amides is 1. The Kier molecular flexibility index (Phi) is 4.55. The van der Waals surface area contributed by atoms with Gasteiger partial charge in [0.1, 0.15) is 0 Å². The molecule has 0 atom stereocenters. The molecule has 1 heterocycles. The predicted molar refractivity (Wildman–Crippen MR) is 130 cm³/mol. The van der Waals surface area contributed by atoms with Crippen molar-refractivity contribution in [2.24, 2.45) is 0 Å². The fourth-order valence-electron chi connectivity index (χ4n) is 5.28. The third-order valence-electron chi connectivity index (χ3n) is 7.96. The van der Waals surface area contributed by atoms with Gasteiger partial charge in [0.25, 0.3) is 0 Å². The van der Waals surface area contributed by atoms with Crippen LogP contribution in [-0.2, 0) is 15.6 Å². The monoisotopic (exact) mass is 439 g/mol. The topological polar surface area (TPSA) is 47.6 Å². The Labute approximate surface area is 194 Å². The summed E-state index contributed by atoms with van der Waals surface area (Å²) in [7, 11) is 0. The van der Waals surface area contributed by atoms with E-state index in [2.05, 4.69) is 55.6 Å². The molecule has 4 heteroatoms. The molecule has 1 aliphatic heterocycles. The van der Waals surface area contributed by atoms with Gasteiger partial charge in [-0.1, -0.05) is 49.7 Å². The highest BCUT2D eigenvalue weighted by Gasteiger charge is 2.51. The average molecular weight is 440 g/mol. The Hall–Kier alpha value is -3.27. The van der Waals surface area contributed by atoms with Crippen molar-refractivity contribution >= 4 is 11.6 Å². The number of hydrogen-bond acceptors (Lipinski definition) is 3. The number of rotatable bonds is 5. The van der Waals surface area contributed by atoms with E-state index in [4.69, 9.17) is 9.47 Å². The Morgan fingerprint density at radius 1 is 0.848 bits per heavy atom. The Morgan fingerprint density at radius 3 is 2.27 bits per heavy atom. The summed E-state index contributed by atoms with van der Waals surface area (Å²) in [6, 6.07) is 21.0. The van der Waals surface area contributed by atoms with Gasteiger partial charge in [0.2, 0.25) is 12.7 Å². The number of ether oxygens (including phenoxy) is 2. The first-order valence-electron chi connectivity index (χ1n) is 11.9. The number of hydrogen-bond donors (Lipinski definition) is 1. The molecule has 1 N–H and O–H groups in total. The summed E-state index contributed by atoms with van der Waals surface area (Å²) in [5.74, 6) is 1.52. The van der Waals surface area contributed by atoms with Crippen molar-refractivity contribution in [3.05, 3.63) is 77.4 Å². The van der Waals surface area contributed by atoms with E-state index in [0.717, 1.165) is 41.2 Å². The highest BCUT2D eigenvalue weighted by atomic mass is 16.7. The Bertz CT molecular complexity index is 1240. The van der Waals surface area contributed by atoms with E-state index in [9.17, 15) is 4.79 Å². The fourth-order valence-corrected chi connectivity index (χ4v) is 5.28. The molecule has 0 radical (unpaired) electrons. The van der Waals surface area contributed by atoms with Gasteiger partial charge in [0, 0.05) is 5.69 Å². The van der Waals surface area contributed by atoms with E-state index in [1.54, 1.807) is 0 Å². The zero-order valence-electron chi connectivity index (χ0n) is 19.2. The number of fused-ring (bicyclic) bond motifs is 1. The largest absolute Gasteiger partial charge is 0.454 e. The zero-order valence-corrected chi connectivity index (χ0v) is 19.2. The standard InChI is InChI=1S/C29H29NO3/c1-19-4-10-23(17-24(19)20-5-7-21(8-6-20)28(2)12-3-13-28)30-27(31)29(14-15-29)22-9-11-25-26(16-22)33-18-32-25/h4-11,16-17H,3,12-15,18H2,1-2H3,(H,30,31). The van der Waals surface area contributed by atoms with Crippen LogP contribution < -0.4 is 14.8 Å². The molecule has 2 fully saturated rings. The maximum absolute atomic E-state index is 13.3. The number of anilines is 1. The first-order valence-corrected chi connectivity index (χ1v) is 11.9. The van der Waals surface area contributed by atoms with Crippen LogP contribution >= 0.6 is 0 Å². The van der Waals surface area contributed by atoms with Gasteiger partial charge in [0.05, 0.1) is 5.41 Å². The summed E-state index contributed by atoms with van der Waals surface area (Å²) in [5.41, 5.74) is 6.67. The second-order valence-corrected chi connectivity index (χ2v) is 10.1. The molecule has 0 bridgehead atoms. The molecule has 2 saturated carbocycles.